The molecule has 1 aromatic carbocycles. The molecule has 0 aliphatic heterocycles. The molecule has 2 amide bonds. The number of carbonyl (C=O) groups excluding carboxylic acids is 2. The number of halogens is 1. The van der Waals surface area contributed by atoms with E-state index < -0.39 is 11.7 Å². The van der Waals surface area contributed by atoms with Crippen molar-refractivity contribution >= 4 is 45.1 Å². The van der Waals surface area contributed by atoms with Crippen LogP contribution in [0.2, 0.25) is 0 Å². The molecule has 3 aromatic rings. The molecule has 9 heteroatoms. The third-order valence-corrected chi connectivity index (χ3v) is 5.80. The zero-order valence-corrected chi connectivity index (χ0v) is 15.6. The topological polar surface area (TPSA) is 84.0 Å². The fourth-order valence-electron chi connectivity index (χ4n) is 2.23. The minimum absolute atomic E-state index is 0.0874. The lowest BCUT2D eigenvalue weighted by Crippen LogP contribution is -2.42. The van der Waals surface area contributed by atoms with Crippen LogP contribution in [0.25, 0.3) is 10.2 Å². The molecule has 0 aliphatic carbocycles. The van der Waals surface area contributed by atoms with Gasteiger partial charge < -0.3 is 0 Å². The number of nitrogens with zero attached hydrogens (tertiary/aromatic N) is 2. The molecule has 0 fully saturated rings. The van der Waals surface area contributed by atoms with Crippen LogP contribution in [-0.2, 0) is 4.79 Å². The fraction of sp³-hybridized carbons (Fsp3) is 0.176. The molecule has 2 N–H and O–H groups in total. The van der Waals surface area contributed by atoms with Gasteiger partial charge in [0.15, 0.2) is 0 Å². The van der Waals surface area contributed by atoms with Gasteiger partial charge in [0.2, 0.25) is 5.91 Å². The van der Waals surface area contributed by atoms with Crippen LogP contribution in [0.4, 0.5) is 4.39 Å². The number of aryl methyl sites for hydroxylation is 2. The van der Waals surface area contributed by atoms with Crippen LogP contribution in [0.3, 0.4) is 0 Å². The van der Waals surface area contributed by atoms with Crippen LogP contribution in [0.15, 0.2) is 35.6 Å². The number of carbonyl (C=O) groups is 2. The molecule has 0 aliphatic rings. The maximum Gasteiger partial charge on any atom is 0.269 e. The Bertz CT molecular complexity index is 973. The van der Waals surface area contributed by atoms with Crippen LogP contribution in [0.5, 0.6) is 0 Å². The van der Waals surface area contributed by atoms with Crippen molar-refractivity contribution in [3.8, 4) is 0 Å². The number of hydrogen-bond donors (Lipinski definition) is 2. The monoisotopic (exact) mass is 390 g/mol. The lowest BCUT2D eigenvalue weighted by Gasteiger charge is -2.07. The van der Waals surface area contributed by atoms with E-state index in [1.165, 1.54) is 47.2 Å². The molecular formula is C17H15FN4O2S2. The number of aromatic nitrogens is 2. The Morgan fingerprint density at radius 1 is 1.15 bits per heavy atom. The molecular weight excluding hydrogens is 375 g/mol. The van der Waals surface area contributed by atoms with Crippen LogP contribution in [0.1, 0.15) is 20.8 Å². The number of thiophene rings is 1. The molecule has 6 nitrogen and oxygen atoms in total. The predicted octanol–water partition coefficient (Wildman–Crippen LogP) is 3.00. The summed E-state index contributed by atoms with van der Waals surface area (Å²) in [5, 5.41) is 1.69. The number of hydrazine groups is 1. The van der Waals surface area contributed by atoms with Crippen LogP contribution < -0.4 is 10.9 Å². The normalized spacial score (nSPS) is 10.7. The minimum atomic E-state index is -0.517. The highest BCUT2D eigenvalue weighted by atomic mass is 32.2. The first-order chi connectivity index (χ1) is 12.5. The Morgan fingerprint density at radius 2 is 1.88 bits per heavy atom. The van der Waals surface area contributed by atoms with Crippen molar-refractivity contribution in [2.45, 2.75) is 18.9 Å². The van der Waals surface area contributed by atoms with Gasteiger partial charge in [0.1, 0.15) is 22.0 Å². The van der Waals surface area contributed by atoms with Crippen molar-refractivity contribution in [1.29, 1.82) is 0 Å². The van der Waals surface area contributed by atoms with Crippen molar-refractivity contribution in [2.24, 2.45) is 0 Å². The maximum absolute atomic E-state index is 12.9. The molecule has 0 bridgehead atoms. The summed E-state index contributed by atoms with van der Waals surface area (Å²) in [4.78, 5) is 34.4. The third-order valence-electron chi connectivity index (χ3n) is 3.69. The van der Waals surface area contributed by atoms with E-state index in [0.717, 1.165) is 20.8 Å². The molecule has 0 saturated heterocycles. The number of hydrogen-bond acceptors (Lipinski definition) is 6. The van der Waals surface area contributed by atoms with Crippen LogP contribution in [-0.4, -0.2) is 27.5 Å². The summed E-state index contributed by atoms with van der Waals surface area (Å²) in [7, 11) is 0. The zero-order chi connectivity index (χ0) is 18.7. The van der Waals surface area contributed by atoms with Gasteiger partial charge in [-0.1, -0.05) is 11.8 Å². The van der Waals surface area contributed by atoms with Crippen molar-refractivity contribution in [1.82, 2.24) is 20.8 Å². The number of amides is 2. The van der Waals surface area contributed by atoms with E-state index in [0.29, 0.717) is 0 Å². The van der Waals surface area contributed by atoms with Crippen LogP contribution >= 0.6 is 23.1 Å². The lowest BCUT2D eigenvalue weighted by atomic mass is 10.2. The van der Waals surface area contributed by atoms with Crippen molar-refractivity contribution < 1.29 is 14.0 Å². The molecule has 0 saturated carbocycles. The van der Waals surface area contributed by atoms with Gasteiger partial charge in [0.05, 0.1) is 5.75 Å². The van der Waals surface area contributed by atoms with E-state index >= 15 is 0 Å². The minimum Gasteiger partial charge on any atom is -0.272 e. The van der Waals surface area contributed by atoms with Gasteiger partial charge in [0.25, 0.3) is 5.91 Å². The second-order valence-corrected chi connectivity index (χ2v) is 7.61. The van der Waals surface area contributed by atoms with Gasteiger partial charge in [-0.2, -0.15) is 0 Å². The largest absolute Gasteiger partial charge is 0.272 e. The SMILES string of the molecule is Cc1sc2ncnc(SCC(=O)NNC(=O)c3ccc(F)cc3)c2c1C. The van der Waals surface area contributed by atoms with Crippen molar-refractivity contribution in [3.63, 3.8) is 0 Å². The van der Waals surface area contributed by atoms with Crippen molar-refractivity contribution in [2.75, 3.05) is 5.75 Å². The highest BCUT2D eigenvalue weighted by molar-refractivity contribution is 8.00. The van der Waals surface area contributed by atoms with E-state index in [4.69, 9.17) is 0 Å². The van der Waals surface area contributed by atoms with E-state index in [1.807, 2.05) is 13.8 Å². The number of nitrogens with one attached hydrogen (secondary N) is 2. The van der Waals surface area contributed by atoms with Gasteiger partial charge in [-0.05, 0) is 43.7 Å². The summed E-state index contributed by atoms with van der Waals surface area (Å²) in [6.45, 7) is 4.03. The van der Waals surface area contributed by atoms with Gasteiger partial charge in [-0.3, -0.25) is 20.4 Å². The number of rotatable bonds is 4. The maximum atomic E-state index is 12.9. The molecule has 134 valence electrons. The van der Waals surface area contributed by atoms with Gasteiger partial charge in [0, 0.05) is 15.8 Å². The molecule has 0 radical (unpaired) electrons. The molecule has 0 spiro atoms. The first-order valence-corrected chi connectivity index (χ1v) is 9.44. The summed E-state index contributed by atoms with van der Waals surface area (Å²) in [6.07, 6.45) is 1.48. The van der Waals surface area contributed by atoms with Crippen LogP contribution in [0, 0.1) is 19.7 Å². The van der Waals surface area contributed by atoms with Gasteiger partial charge >= 0.3 is 0 Å². The van der Waals surface area contributed by atoms with E-state index in [-0.39, 0.29) is 17.2 Å². The Morgan fingerprint density at radius 3 is 2.62 bits per heavy atom. The Balaban J connectivity index is 1.58. The highest BCUT2D eigenvalue weighted by Gasteiger charge is 2.14. The standard InChI is InChI=1S/C17H15FN4O2S2/c1-9-10(2)26-17-14(9)16(19-8-20-17)25-7-13(23)21-22-15(24)11-3-5-12(18)6-4-11/h3-6,8H,7H2,1-2H3,(H,21,23)(H,22,24). The highest BCUT2D eigenvalue weighted by Crippen LogP contribution is 2.34. The molecule has 26 heavy (non-hydrogen) atoms. The summed E-state index contributed by atoms with van der Waals surface area (Å²) in [5.41, 5.74) is 6.00. The predicted molar refractivity (Wildman–Crippen MR) is 99.6 cm³/mol. The summed E-state index contributed by atoms with van der Waals surface area (Å²) in [5.74, 6) is -1.24. The van der Waals surface area contributed by atoms with Gasteiger partial charge in [-0.15, -0.1) is 11.3 Å². The Labute approximate surface area is 157 Å². The zero-order valence-electron chi connectivity index (χ0n) is 14.0. The Kier molecular flexibility index (Phi) is 5.48. The summed E-state index contributed by atoms with van der Waals surface area (Å²) < 4.78 is 12.9. The first-order valence-electron chi connectivity index (χ1n) is 7.64. The first kappa shape index (κ1) is 18.3. The summed E-state index contributed by atoms with van der Waals surface area (Å²) >= 11 is 2.87. The number of thioether (sulfide) groups is 1. The molecule has 2 aromatic heterocycles. The van der Waals surface area contributed by atoms with E-state index in [2.05, 4.69) is 20.8 Å². The molecule has 2 heterocycles. The second-order valence-electron chi connectivity index (χ2n) is 5.44. The van der Waals surface area contributed by atoms with E-state index in [1.54, 1.807) is 11.3 Å². The number of benzene rings is 1. The number of fused-ring (bicyclic) bond motifs is 1. The molecule has 0 atom stereocenters. The van der Waals surface area contributed by atoms with Gasteiger partial charge in [-0.25, -0.2) is 14.4 Å². The average Bonchev–Trinajstić information content (AvgIpc) is 2.93. The quantitative estimate of drug-likeness (QED) is 0.406. The Hall–Kier alpha value is -2.52. The average molecular weight is 390 g/mol. The lowest BCUT2D eigenvalue weighted by molar-refractivity contribution is -0.119. The fourth-order valence-corrected chi connectivity index (χ4v) is 4.15. The molecule has 0 unspecified atom stereocenters. The third kappa shape index (κ3) is 4.00. The van der Waals surface area contributed by atoms with E-state index in [9.17, 15) is 14.0 Å². The molecule has 3 rings (SSSR count). The smallest absolute Gasteiger partial charge is 0.269 e. The second kappa shape index (κ2) is 7.79. The summed E-state index contributed by atoms with van der Waals surface area (Å²) in [6, 6.07) is 5.03. The van der Waals surface area contributed by atoms with Crippen molar-refractivity contribution in [3.05, 3.63) is 52.4 Å².